The zero-order valence-electron chi connectivity index (χ0n) is 10.9. The number of carbonyl (C=O) groups excluding carboxylic acids is 1. The Morgan fingerprint density at radius 1 is 1.10 bits per heavy atom. The maximum atomic E-state index is 13.0. The normalized spacial score (nSPS) is 10.7. The van der Waals surface area contributed by atoms with Gasteiger partial charge in [-0.05, 0) is 35.9 Å². The molecule has 0 radical (unpaired) electrons. The molecule has 0 fully saturated rings. The van der Waals surface area contributed by atoms with Crippen LogP contribution in [0.15, 0.2) is 47.3 Å². The number of hydrogen-bond donors (Lipinski definition) is 3. The number of fused-ring (bicyclic) bond motifs is 1. The first-order valence-electron chi connectivity index (χ1n) is 6.36. The van der Waals surface area contributed by atoms with Gasteiger partial charge in [-0.3, -0.25) is 4.79 Å². The SMILES string of the molecule is O=C(Cc1ccc2[nH]c(=O)[nH]c2c1)Nc1cccc(F)c1. The monoisotopic (exact) mass is 285 g/mol. The number of halogens is 1. The minimum absolute atomic E-state index is 0.139. The number of anilines is 1. The third-order valence-corrected chi connectivity index (χ3v) is 3.05. The Morgan fingerprint density at radius 3 is 2.71 bits per heavy atom. The second-order valence-corrected chi connectivity index (χ2v) is 4.69. The first kappa shape index (κ1) is 13.1. The molecule has 0 atom stereocenters. The van der Waals surface area contributed by atoms with Crippen molar-refractivity contribution in [2.75, 3.05) is 5.32 Å². The molecule has 0 saturated heterocycles. The lowest BCUT2D eigenvalue weighted by atomic mass is 10.1. The van der Waals surface area contributed by atoms with Gasteiger partial charge in [0.25, 0.3) is 0 Å². The van der Waals surface area contributed by atoms with Crippen LogP contribution < -0.4 is 11.0 Å². The molecule has 0 aliphatic heterocycles. The first-order valence-corrected chi connectivity index (χ1v) is 6.36. The Hall–Kier alpha value is -2.89. The molecule has 0 aliphatic rings. The fourth-order valence-electron chi connectivity index (χ4n) is 2.15. The molecule has 6 heteroatoms. The molecular weight excluding hydrogens is 273 g/mol. The number of rotatable bonds is 3. The topological polar surface area (TPSA) is 77.8 Å². The van der Waals surface area contributed by atoms with Crippen LogP contribution in [0.1, 0.15) is 5.56 Å². The van der Waals surface area contributed by atoms with Crippen LogP contribution in [0.25, 0.3) is 11.0 Å². The summed E-state index contributed by atoms with van der Waals surface area (Å²) >= 11 is 0. The van der Waals surface area contributed by atoms with E-state index in [2.05, 4.69) is 15.3 Å². The lowest BCUT2D eigenvalue weighted by Gasteiger charge is -2.05. The Morgan fingerprint density at radius 2 is 1.90 bits per heavy atom. The second-order valence-electron chi connectivity index (χ2n) is 4.69. The first-order chi connectivity index (χ1) is 10.1. The van der Waals surface area contributed by atoms with Gasteiger partial charge < -0.3 is 15.3 Å². The van der Waals surface area contributed by atoms with E-state index >= 15 is 0 Å². The Bertz CT molecular complexity index is 866. The average Bonchev–Trinajstić information content (AvgIpc) is 2.78. The number of amides is 1. The highest BCUT2D eigenvalue weighted by molar-refractivity contribution is 5.92. The summed E-state index contributed by atoms with van der Waals surface area (Å²) in [5.74, 6) is -0.656. The summed E-state index contributed by atoms with van der Waals surface area (Å²) in [6.45, 7) is 0. The summed E-state index contributed by atoms with van der Waals surface area (Å²) in [5, 5.41) is 2.63. The van der Waals surface area contributed by atoms with Crippen LogP contribution in [-0.2, 0) is 11.2 Å². The molecule has 2 aromatic carbocycles. The molecule has 106 valence electrons. The molecule has 0 spiro atoms. The molecule has 5 nitrogen and oxygen atoms in total. The van der Waals surface area contributed by atoms with Crippen LogP contribution in [-0.4, -0.2) is 15.9 Å². The smallest absolute Gasteiger partial charge is 0.323 e. The highest BCUT2D eigenvalue weighted by atomic mass is 19.1. The van der Waals surface area contributed by atoms with Gasteiger partial charge in [-0.1, -0.05) is 12.1 Å². The molecule has 1 amide bonds. The van der Waals surface area contributed by atoms with Gasteiger partial charge in [-0.2, -0.15) is 0 Å². The van der Waals surface area contributed by atoms with Gasteiger partial charge >= 0.3 is 5.69 Å². The van der Waals surface area contributed by atoms with Gasteiger partial charge in [0, 0.05) is 5.69 Å². The zero-order chi connectivity index (χ0) is 14.8. The maximum absolute atomic E-state index is 13.0. The molecule has 3 aromatic rings. The van der Waals surface area contributed by atoms with Crippen molar-refractivity contribution in [2.24, 2.45) is 0 Å². The fourth-order valence-corrected chi connectivity index (χ4v) is 2.15. The van der Waals surface area contributed by atoms with E-state index in [1.54, 1.807) is 24.3 Å². The number of H-pyrrole nitrogens is 2. The summed E-state index contributed by atoms with van der Waals surface area (Å²) in [5.41, 5.74) is 2.22. The van der Waals surface area contributed by atoms with Crippen LogP contribution in [0.4, 0.5) is 10.1 Å². The van der Waals surface area contributed by atoms with Gasteiger partial charge in [0.1, 0.15) is 5.82 Å². The lowest BCUT2D eigenvalue weighted by molar-refractivity contribution is -0.115. The standard InChI is InChI=1S/C15H12FN3O2/c16-10-2-1-3-11(8-10)17-14(20)7-9-4-5-12-13(6-9)19-15(21)18-12/h1-6,8H,7H2,(H,17,20)(H2,18,19,21). The van der Waals surface area contributed by atoms with Crippen molar-refractivity contribution in [2.45, 2.75) is 6.42 Å². The van der Waals surface area contributed by atoms with Crippen LogP contribution in [0.3, 0.4) is 0 Å². The van der Waals surface area contributed by atoms with Crippen LogP contribution >= 0.6 is 0 Å². The van der Waals surface area contributed by atoms with E-state index in [0.717, 1.165) is 5.56 Å². The molecule has 0 saturated carbocycles. The Balaban J connectivity index is 1.75. The molecular formula is C15H12FN3O2. The summed E-state index contributed by atoms with van der Waals surface area (Å²) in [6.07, 6.45) is 0.139. The summed E-state index contributed by atoms with van der Waals surface area (Å²) in [4.78, 5) is 28.4. The number of nitrogens with one attached hydrogen (secondary N) is 3. The minimum Gasteiger partial charge on any atom is -0.326 e. The van der Waals surface area contributed by atoms with Crippen molar-refractivity contribution in [3.8, 4) is 0 Å². The number of benzene rings is 2. The summed E-state index contributed by atoms with van der Waals surface area (Å²) in [6, 6.07) is 10.9. The van der Waals surface area contributed by atoms with Crippen molar-refractivity contribution in [3.63, 3.8) is 0 Å². The van der Waals surface area contributed by atoms with Crippen molar-refractivity contribution >= 4 is 22.6 Å². The lowest BCUT2D eigenvalue weighted by Crippen LogP contribution is -2.14. The molecule has 3 rings (SSSR count). The van der Waals surface area contributed by atoms with E-state index < -0.39 is 5.82 Å². The third kappa shape index (κ3) is 3.00. The number of aromatic nitrogens is 2. The Labute approximate surface area is 118 Å². The van der Waals surface area contributed by atoms with Crippen LogP contribution in [0, 0.1) is 5.82 Å². The average molecular weight is 285 g/mol. The van der Waals surface area contributed by atoms with Gasteiger partial charge in [-0.25, -0.2) is 9.18 Å². The van der Waals surface area contributed by atoms with E-state index in [9.17, 15) is 14.0 Å². The van der Waals surface area contributed by atoms with Gasteiger partial charge in [-0.15, -0.1) is 0 Å². The fraction of sp³-hybridized carbons (Fsp3) is 0.0667. The van der Waals surface area contributed by atoms with Crippen molar-refractivity contribution in [3.05, 3.63) is 64.3 Å². The second kappa shape index (κ2) is 5.24. The molecule has 0 aliphatic carbocycles. The molecule has 0 unspecified atom stereocenters. The van der Waals surface area contributed by atoms with E-state index in [0.29, 0.717) is 16.7 Å². The minimum atomic E-state index is -0.404. The molecule has 1 heterocycles. The third-order valence-electron chi connectivity index (χ3n) is 3.05. The van der Waals surface area contributed by atoms with Gasteiger partial charge in [0.05, 0.1) is 17.5 Å². The molecule has 21 heavy (non-hydrogen) atoms. The van der Waals surface area contributed by atoms with Crippen LogP contribution in [0.2, 0.25) is 0 Å². The molecule has 3 N–H and O–H groups in total. The largest absolute Gasteiger partial charge is 0.326 e. The highest BCUT2D eigenvalue weighted by Crippen LogP contribution is 2.13. The van der Waals surface area contributed by atoms with Crippen molar-refractivity contribution in [1.82, 2.24) is 9.97 Å². The maximum Gasteiger partial charge on any atom is 0.323 e. The van der Waals surface area contributed by atoms with E-state index in [1.165, 1.54) is 18.2 Å². The number of aromatic amines is 2. The highest BCUT2D eigenvalue weighted by Gasteiger charge is 2.06. The molecule has 1 aromatic heterocycles. The quantitative estimate of drug-likeness (QED) is 0.689. The summed E-state index contributed by atoms with van der Waals surface area (Å²) in [7, 11) is 0. The van der Waals surface area contributed by atoms with Gasteiger partial charge in [0.2, 0.25) is 5.91 Å². The van der Waals surface area contributed by atoms with E-state index in [-0.39, 0.29) is 18.0 Å². The number of carbonyl (C=O) groups is 1. The predicted octanol–water partition coefficient (Wildman–Crippen LogP) is 2.18. The Kier molecular flexibility index (Phi) is 3.27. The van der Waals surface area contributed by atoms with Crippen LogP contribution in [0.5, 0.6) is 0 Å². The van der Waals surface area contributed by atoms with E-state index in [1.807, 2.05) is 0 Å². The molecule has 0 bridgehead atoms. The van der Waals surface area contributed by atoms with Gasteiger partial charge in [0.15, 0.2) is 0 Å². The predicted molar refractivity (Wildman–Crippen MR) is 77.7 cm³/mol. The van der Waals surface area contributed by atoms with Crippen molar-refractivity contribution in [1.29, 1.82) is 0 Å². The van der Waals surface area contributed by atoms with Crippen molar-refractivity contribution < 1.29 is 9.18 Å². The van der Waals surface area contributed by atoms with E-state index in [4.69, 9.17) is 0 Å². The number of hydrogen-bond acceptors (Lipinski definition) is 2. The number of imidazole rings is 1. The summed E-state index contributed by atoms with van der Waals surface area (Å²) < 4.78 is 13.0. The zero-order valence-corrected chi connectivity index (χ0v) is 10.9.